The lowest BCUT2D eigenvalue weighted by molar-refractivity contribution is -0.148. The lowest BCUT2D eigenvalue weighted by Crippen LogP contribution is -2.51. The van der Waals surface area contributed by atoms with Gasteiger partial charge in [-0.25, -0.2) is 0 Å². The molecule has 4 atom stereocenters. The molecule has 0 aromatic carbocycles. The monoisotopic (exact) mass is 349 g/mol. The van der Waals surface area contributed by atoms with Gasteiger partial charge in [0.15, 0.2) is 6.10 Å². The Morgan fingerprint density at radius 2 is 1.33 bits per heavy atom. The quantitative estimate of drug-likeness (QED) is 0.232. The van der Waals surface area contributed by atoms with E-state index >= 15 is 0 Å². The number of carbonyl (C=O) groups is 1. The van der Waals surface area contributed by atoms with Gasteiger partial charge in [0.1, 0.15) is 18.3 Å². The lowest BCUT2D eigenvalue weighted by Gasteiger charge is -2.24. The number of hydrogen-bond acceptors (Lipinski definition) is 6. The molecule has 0 aliphatic rings. The Morgan fingerprint density at radius 1 is 0.833 bits per heavy atom. The van der Waals surface area contributed by atoms with Gasteiger partial charge in [0.2, 0.25) is 0 Å². The van der Waals surface area contributed by atoms with Crippen LogP contribution in [0, 0.1) is 0 Å². The van der Waals surface area contributed by atoms with Crippen LogP contribution in [0.3, 0.4) is 0 Å². The normalized spacial score (nSPS) is 16.4. The van der Waals surface area contributed by atoms with Crippen LogP contribution in [0.15, 0.2) is 0 Å². The summed E-state index contributed by atoms with van der Waals surface area (Å²) >= 11 is 0. The van der Waals surface area contributed by atoms with E-state index in [1.165, 1.54) is 38.5 Å². The topological polar surface area (TPSA) is 130 Å². The molecule has 0 aliphatic carbocycles. The van der Waals surface area contributed by atoms with Gasteiger partial charge in [0.05, 0.1) is 6.61 Å². The molecule has 144 valence electrons. The second kappa shape index (κ2) is 14.6. The van der Waals surface area contributed by atoms with E-state index in [0.29, 0.717) is 6.54 Å². The van der Waals surface area contributed by atoms with Crippen molar-refractivity contribution in [2.24, 2.45) is 0 Å². The second-order valence-electron chi connectivity index (χ2n) is 6.30. The van der Waals surface area contributed by atoms with Gasteiger partial charge in [0, 0.05) is 6.54 Å². The first-order valence-corrected chi connectivity index (χ1v) is 9.06. The minimum absolute atomic E-state index is 0.386. The zero-order chi connectivity index (χ0) is 18.4. The maximum absolute atomic E-state index is 11.7. The van der Waals surface area contributed by atoms with Gasteiger partial charge >= 0.3 is 0 Å². The third-order valence-corrected chi connectivity index (χ3v) is 4.10. The van der Waals surface area contributed by atoms with Crippen LogP contribution in [0.5, 0.6) is 0 Å². The van der Waals surface area contributed by atoms with Gasteiger partial charge in [-0.05, 0) is 6.42 Å². The predicted octanol–water partition coefficient (Wildman–Crippen LogP) is 0.0693. The van der Waals surface area contributed by atoms with Crippen LogP contribution in [0.1, 0.15) is 64.7 Å². The first kappa shape index (κ1) is 23.3. The van der Waals surface area contributed by atoms with E-state index in [4.69, 9.17) is 5.11 Å². The highest BCUT2D eigenvalue weighted by Gasteiger charge is 2.33. The molecular formula is C17H35NO6. The third-order valence-electron chi connectivity index (χ3n) is 4.10. The first-order valence-electron chi connectivity index (χ1n) is 9.06. The van der Waals surface area contributed by atoms with E-state index in [0.717, 1.165) is 19.3 Å². The summed E-state index contributed by atoms with van der Waals surface area (Å²) < 4.78 is 0. The molecule has 0 bridgehead atoms. The molecule has 0 heterocycles. The van der Waals surface area contributed by atoms with Crippen molar-refractivity contribution in [1.82, 2.24) is 5.32 Å². The number of aliphatic hydroxyl groups excluding tert-OH is 5. The number of rotatable bonds is 15. The van der Waals surface area contributed by atoms with Crippen LogP contribution in [0.25, 0.3) is 0 Å². The summed E-state index contributed by atoms with van der Waals surface area (Å²) in [4.78, 5) is 11.7. The molecule has 0 rings (SSSR count). The second-order valence-corrected chi connectivity index (χ2v) is 6.30. The van der Waals surface area contributed by atoms with Gasteiger partial charge in [0.25, 0.3) is 5.91 Å². The molecule has 0 saturated heterocycles. The largest absolute Gasteiger partial charge is 0.394 e. The summed E-state index contributed by atoms with van der Waals surface area (Å²) in [6, 6.07) is 0. The Labute approximate surface area is 144 Å². The Kier molecular flexibility index (Phi) is 14.2. The third kappa shape index (κ3) is 10.2. The van der Waals surface area contributed by atoms with E-state index < -0.39 is 36.9 Å². The van der Waals surface area contributed by atoms with Crippen LogP contribution in [-0.2, 0) is 4.79 Å². The summed E-state index contributed by atoms with van der Waals surface area (Å²) in [5.74, 6) is -0.800. The van der Waals surface area contributed by atoms with Crippen molar-refractivity contribution in [3.05, 3.63) is 0 Å². The number of amides is 1. The van der Waals surface area contributed by atoms with Gasteiger partial charge in [-0.15, -0.1) is 0 Å². The predicted molar refractivity (Wildman–Crippen MR) is 91.3 cm³/mol. The summed E-state index contributed by atoms with van der Waals surface area (Å²) in [7, 11) is 0. The van der Waals surface area contributed by atoms with E-state index in [1.807, 2.05) is 0 Å². The van der Waals surface area contributed by atoms with Crippen molar-refractivity contribution in [1.29, 1.82) is 0 Å². The molecule has 4 unspecified atom stereocenters. The molecule has 24 heavy (non-hydrogen) atoms. The number of aliphatic hydroxyl groups is 5. The molecule has 1 amide bonds. The molecule has 6 N–H and O–H groups in total. The van der Waals surface area contributed by atoms with Gasteiger partial charge in [-0.1, -0.05) is 58.3 Å². The first-order chi connectivity index (χ1) is 11.5. The van der Waals surface area contributed by atoms with E-state index in [1.54, 1.807) is 0 Å². The van der Waals surface area contributed by atoms with Crippen molar-refractivity contribution in [3.63, 3.8) is 0 Å². The number of hydrogen-bond donors (Lipinski definition) is 6. The molecule has 0 aromatic heterocycles. The Bertz CT molecular complexity index is 315. The molecule has 7 heteroatoms. The van der Waals surface area contributed by atoms with Crippen molar-refractivity contribution in [2.45, 2.75) is 89.1 Å². The molecule has 7 nitrogen and oxygen atoms in total. The zero-order valence-electron chi connectivity index (χ0n) is 14.7. The maximum atomic E-state index is 11.7. The minimum atomic E-state index is -1.85. The van der Waals surface area contributed by atoms with Crippen molar-refractivity contribution < 1.29 is 30.3 Å². The highest BCUT2D eigenvalue weighted by atomic mass is 16.4. The highest BCUT2D eigenvalue weighted by Crippen LogP contribution is 2.09. The van der Waals surface area contributed by atoms with Crippen LogP contribution < -0.4 is 5.32 Å². The molecule has 0 spiro atoms. The molecule has 0 fully saturated rings. The van der Waals surface area contributed by atoms with Crippen molar-refractivity contribution in [3.8, 4) is 0 Å². The van der Waals surface area contributed by atoms with Crippen LogP contribution in [0.2, 0.25) is 0 Å². The maximum Gasteiger partial charge on any atom is 0.251 e. The van der Waals surface area contributed by atoms with Crippen LogP contribution in [-0.4, -0.2) is 69.0 Å². The number of carbonyl (C=O) groups excluding carboxylic acids is 1. The minimum Gasteiger partial charge on any atom is -0.394 e. The lowest BCUT2D eigenvalue weighted by atomic mass is 10.0. The van der Waals surface area contributed by atoms with E-state index in [-0.39, 0.29) is 0 Å². The molecule has 0 aliphatic heterocycles. The van der Waals surface area contributed by atoms with Gasteiger partial charge in [-0.2, -0.15) is 0 Å². The molecular weight excluding hydrogens is 314 g/mol. The number of unbranched alkanes of at least 4 members (excludes halogenated alkanes) is 8. The Hall–Kier alpha value is -0.730. The molecule has 0 radical (unpaired) electrons. The van der Waals surface area contributed by atoms with Crippen LogP contribution in [0.4, 0.5) is 0 Å². The highest BCUT2D eigenvalue weighted by molar-refractivity contribution is 5.81. The number of nitrogens with one attached hydrogen (secondary N) is 1. The summed E-state index contributed by atoms with van der Waals surface area (Å²) in [5, 5.41) is 49.0. The zero-order valence-corrected chi connectivity index (χ0v) is 14.7. The van der Waals surface area contributed by atoms with Gasteiger partial charge < -0.3 is 30.8 Å². The van der Waals surface area contributed by atoms with Crippen molar-refractivity contribution >= 4 is 5.91 Å². The molecule has 0 aromatic rings. The average Bonchev–Trinajstić information content (AvgIpc) is 2.60. The fourth-order valence-electron chi connectivity index (χ4n) is 2.43. The average molecular weight is 349 g/mol. The fraction of sp³-hybridized carbons (Fsp3) is 0.941. The van der Waals surface area contributed by atoms with Crippen molar-refractivity contribution in [2.75, 3.05) is 13.2 Å². The van der Waals surface area contributed by atoms with Gasteiger partial charge in [-0.3, -0.25) is 4.79 Å². The van der Waals surface area contributed by atoms with Crippen LogP contribution >= 0.6 is 0 Å². The summed E-state index contributed by atoms with van der Waals surface area (Å²) in [6.45, 7) is 1.81. The Balaban J connectivity index is 3.71. The summed E-state index contributed by atoms with van der Waals surface area (Å²) in [6.07, 6.45) is 3.31. The SMILES string of the molecule is CCCCCCCCCCCNC(=O)C(O)C(O)C(O)C(O)CO. The fourth-order valence-corrected chi connectivity index (χ4v) is 2.43. The Morgan fingerprint density at radius 3 is 1.83 bits per heavy atom. The van der Waals surface area contributed by atoms with E-state index in [2.05, 4.69) is 12.2 Å². The summed E-state index contributed by atoms with van der Waals surface area (Å²) in [5.41, 5.74) is 0. The molecule has 0 saturated carbocycles. The van der Waals surface area contributed by atoms with E-state index in [9.17, 15) is 25.2 Å². The standard InChI is InChI=1S/C17H35NO6/c1-2-3-4-5-6-7-8-9-10-11-18-17(24)16(23)15(22)14(21)13(20)12-19/h13-16,19-23H,2-12H2,1H3,(H,18,24). The smallest absolute Gasteiger partial charge is 0.251 e.